The minimum atomic E-state index is 0.295. The molecule has 2 rings (SSSR count). The first-order chi connectivity index (χ1) is 8.20. The minimum Gasteiger partial charge on any atom is -0.327 e. The summed E-state index contributed by atoms with van der Waals surface area (Å²) in [4.78, 5) is 1.26. The molecule has 1 unspecified atom stereocenters. The molecule has 2 N–H and O–H groups in total. The lowest BCUT2D eigenvalue weighted by Gasteiger charge is -2.31. The summed E-state index contributed by atoms with van der Waals surface area (Å²) in [6.07, 6.45) is 7.64. The van der Waals surface area contributed by atoms with E-state index in [4.69, 9.17) is 17.3 Å². The fraction of sp³-hybridized carbons (Fsp3) is 0.714. The Kier molecular flexibility index (Phi) is 4.89. The molecular weight excluding hydrogens is 250 g/mol. The van der Waals surface area contributed by atoms with E-state index in [2.05, 4.69) is 12.3 Å². The zero-order valence-electron chi connectivity index (χ0n) is 10.5. The molecule has 1 atom stereocenters. The molecular formula is C14H22ClNS. The van der Waals surface area contributed by atoms with Crippen LogP contribution in [0.5, 0.6) is 0 Å². The first-order valence-electron chi connectivity index (χ1n) is 6.68. The van der Waals surface area contributed by atoms with Crippen LogP contribution in [-0.2, 0) is 6.42 Å². The van der Waals surface area contributed by atoms with Gasteiger partial charge in [0, 0.05) is 10.9 Å². The van der Waals surface area contributed by atoms with E-state index in [0.717, 1.165) is 17.4 Å². The summed E-state index contributed by atoms with van der Waals surface area (Å²) < 4.78 is 0. The molecule has 1 fully saturated rings. The Labute approximate surface area is 113 Å². The largest absolute Gasteiger partial charge is 0.327 e. The van der Waals surface area contributed by atoms with E-state index in [1.54, 1.807) is 11.3 Å². The molecule has 0 aromatic carbocycles. The Morgan fingerprint density at radius 2 is 2.12 bits per heavy atom. The predicted molar refractivity (Wildman–Crippen MR) is 76.7 cm³/mol. The predicted octanol–water partition coefficient (Wildman–Crippen LogP) is 4.49. The molecule has 3 heteroatoms. The summed E-state index contributed by atoms with van der Waals surface area (Å²) in [6.45, 7) is 2.30. The average molecular weight is 272 g/mol. The molecule has 0 saturated heterocycles. The first kappa shape index (κ1) is 13.4. The van der Waals surface area contributed by atoms with Gasteiger partial charge in [-0.25, -0.2) is 0 Å². The molecule has 0 spiro atoms. The fourth-order valence-corrected chi connectivity index (χ4v) is 4.06. The number of thiophene rings is 1. The van der Waals surface area contributed by atoms with Gasteiger partial charge in [-0.2, -0.15) is 0 Å². The van der Waals surface area contributed by atoms with Gasteiger partial charge < -0.3 is 5.73 Å². The topological polar surface area (TPSA) is 26.0 Å². The maximum absolute atomic E-state index is 6.34. The Hall–Kier alpha value is -0.0500. The smallest absolute Gasteiger partial charge is 0.0545 e. The van der Waals surface area contributed by atoms with Gasteiger partial charge in [-0.15, -0.1) is 11.3 Å². The molecule has 1 aromatic rings. The summed E-state index contributed by atoms with van der Waals surface area (Å²) in [5, 5.41) is 2.95. The van der Waals surface area contributed by atoms with Gasteiger partial charge in [-0.3, -0.25) is 0 Å². The monoisotopic (exact) mass is 271 g/mol. The molecule has 0 radical (unpaired) electrons. The van der Waals surface area contributed by atoms with Crippen molar-refractivity contribution in [1.29, 1.82) is 0 Å². The van der Waals surface area contributed by atoms with Crippen LogP contribution in [0.15, 0.2) is 11.4 Å². The zero-order chi connectivity index (χ0) is 12.3. The molecule has 1 aromatic heterocycles. The number of rotatable bonds is 4. The minimum absolute atomic E-state index is 0.295. The van der Waals surface area contributed by atoms with Crippen molar-refractivity contribution in [2.45, 2.75) is 51.5 Å². The van der Waals surface area contributed by atoms with Crippen LogP contribution in [0, 0.1) is 11.8 Å². The zero-order valence-corrected chi connectivity index (χ0v) is 12.1. The highest BCUT2D eigenvalue weighted by molar-refractivity contribution is 7.10. The maximum Gasteiger partial charge on any atom is 0.0545 e. The van der Waals surface area contributed by atoms with Crippen LogP contribution >= 0.6 is 22.9 Å². The molecule has 0 amide bonds. The highest BCUT2D eigenvalue weighted by Crippen LogP contribution is 2.34. The second-order valence-corrected chi connectivity index (χ2v) is 6.66. The normalized spacial score (nSPS) is 27.0. The maximum atomic E-state index is 6.34. The average Bonchev–Trinajstić information content (AvgIpc) is 2.75. The molecule has 17 heavy (non-hydrogen) atoms. The van der Waals surface area contributed by atoms with E-state index in [1.165, 1.54) is 37.0 Å². The van der Waals surface area contributed by atoms with Gasteiger partial charge >= 0.3 is 0 Å². The number of halogens is 1. The van der Waals surface area contributed by atoms with E-state index >= 15 is 0 Å². The summed E-state index contributed by atoms with van der Waals surface area (Å²) in [5.74, 6) is 1.65. The van der Waals surface area contributed by atoms with Crippen molar-refractivity contribution in [3.8, 4) is 0 Å². The third-order valence-electron chi connectivity index (χ3n) is 4.19. The van der Waals surface area contributed by atoms with Gasteiger partial charge in [0.2, 0.25) is 0 Å². The van der Waals surface area contributed by atoms with Gasteiger partial charge in [-0.1, -0.05) is 37.8 Å². The van der Waals surface area contributed by atoms with Gasteiger partial charge in [0.15, 0.2) is 0 Å². The third-order valence-corrected chi connectivity index (χ3v) is 5.60. The van der Waals surface area contributed by atoms with Crippen LogP contribution in [0.25, 0.3) is 0 Å². The lowest BCUT2D eigenvalue weighted by Crippen LogP contribution is -2.34. The summed E-state index contributed by atoms with van der Waals surface area (Å²) in [6, 6.07) is 2.27. The van der Waals surface area contributed by atoms with Gasteiger partial charge in [-0.05, 0) is 42.5 Å². The van der Waals surface area contributed by atoms with E-state index in [-0.39, 0.29) is 0 Å². The summed E-state index contributed by atoms with van der Waals surface area (Å²) >= 11 is 7.86. The molecule has 0 bridgehead atoms. The third kappa shape index (κ3) is 3.46. The number of nitrogens with two attached hydrogens (primary N) is 1. The summed E-state index contributed by atoms with van der Waals surface area (Å²) in [7, 11) is 0. The fourth-order valence-electron chi connectivity index (χ4n) is 2.88. The van der Waals surface area contributed by atoms with Crippen molar-refractivity contribution in [3.63, 3.8) is 0 Å². The van der Waals surface area contributed by atoms with Crippen molar-refractivity contribution >= 4 is 22.9 Å². The molecule has 1 aliphatic rings. The van der Waals surface area contributed by atoms with Crippen molar-refractivity contribution < 1.29 is 0 Å². The summed E-state index contributed by atoms with van der Waals surface area (Å²) in [5.41, 5.74) is 6.34. The van der Waals surface area contributed by atoms with E-state index < -0.39 is 0 Å². The van der Waals surface area contributed by atoms with Gasteiger partial charge in [0.05, 0.1) is 5.02 Å². The number of hydrogen-bond donors (Lipinski definition) is 1. The molecule has 96 valence electrons. The highest BCUT2D eigenvalue weighted by Gasteiger charge is 2.25. The standard InChI is InChI=1S/C14H22ClNS/c1-2-10-3-5-11(6-4-10)13(16)9-14-12(15)7-8-17-14/h7-8,10-11,13H,2-6,9,16H2,1H3. The molecule has 0 aliphatic heterocycles. The van der Waals surface area contributed by atoms with Crippen molar-refractivity contribution in [2.24, 2.45) is 17.6 Å². The lowest BCUT2D eigenvalue weighted by molar-refractivity contribution is 0.238. The number of hydrogen-bond acceptors (Lipinski definition) is 2. The SMILES string of the molecule is CCC1CCC(C(N)Cc2sccc2Cl)CC1. The first-order valence-corrected chi connectivity index (χ1v) is 7.94. The molecule has 1 nitrogen and oxygen atoms in total. The van der Waals surface area contributed by atoms with Crippen molar-refractivity contribution in [3.05, 3.63) is 21.3 Å². The van der Waals surface area contributed by atoms with Crippen LogP contribution in [0.4, 0.5) is 0 Å². The quantitative estimate of drug-likeness (QED) is 0.858. The van der Waals surface area contributed by atoms with Crippen LogP contribution in [0.1, 0.15) is 43.9 Å². The second-order valence-electron chi connectivity index (χ2n) is 5.25. The van der Waals surface area contributed by atoms with Gasteiger partial charge in [0.25, 0.3) is 0 Å². The Morgan fingerprint density at radius 1 is 1.41 bits per heavy atom. The lowest BCUT2D eigenvalue weighted by atomic mass is 9.77. The van der Waals surface area contributed by atoms with Crippen LogP contribution in [0.3, 0.4) is 0 Å². The van der Waals surface area contributed by atoms with Crippen molar-refractivity contribution in [2.75, 3.05) is 0 Å². The van der Waals surface area contributed by atoms with E-state index in [9.17, 15) is 0 Å². The van der Waals surface area contributed by atoms with E-state index in [1.807, 2.05) is 6.07 Å². The molecule has 1 aliphatic carbocycles. The Balaban J connectivity index is 1.85. The molecule has 1 saturated carbocycles. The van der Waals surface area contributed by atoms with E-state index in [0.29, 0.717) is 12.0 Å². The van der Waals surface area contributed by atoms with Crippen LogP contribution in [-0.4, -0.2) is 6.04 Å². The van der Waals surface area contributed by atoms with Crippen LogP contribution in [0.2, 0.25) is 5.02 Å². The van der Waals surface area contributed by atoms with Gasteiger partial charge in [0.1, 0.15) is 0 Å². The Morgan fingerprint density at radius 3 is 2.65 bits per heavy atom. The van der Waals surface area contributed by atoms with Crippen LogP contribution < -0.4 is 5.73 Å². The molecule has 1 heterocycles. The Bertz CT molecular complexity index is 342. The second kappa shape index (κ2) is 6.21. The highest BCUT2D eigenvalue weighted by atomic mass is 35.5. The van der Waals surface area contributed by atoms with Crippen molar-refractivity contribution in [1.82, 2.24) is 0 Å².